The van der Waals surface area contributed by atoms with Gasteiger partial charge in [0.1, 0.15) is 12.4 Å². The average molecular weight is 564 g/mol. The van der Waals surface area contributed by atoms with E-state index in [2.05, 4.69) is 16.3 Å². The molecule has 2 bridgehead atoms. The molecule has 1 amide bonds. The van der Waals surface area contributed by atoms with Crippen LogP contribution in [0.1, 0.15) is 46.3 Å². The van der Waals surface area contributed by atoms with Crippen LogP contribution in [-0.2, 0) is 11.4 Å². The molecule has 212 valence electrons. The molecule has 3 aromatic rings. The molecular formula is C31H37N3O5S. The number of piperidine rings is 1. The normalized spacial score (nSPS) is 20.0. The number of aliphatic hydroxyl groups is 1. The minimum absolute atomic E-state index is 0.0581. The van der Waals surface area contributed by atoms with Gasteiger partial charge in [-0.25, -0.2) is 4.98 Å². The number of aliphatic hydroxyl groups excluding tert-OH is 1. The maximum atomic E-state index is 12.7. The molecule has 9 heteroatoms. The molecule has 1 saturated carbocycles. The van der Waals surface area contributed by atoms with Crippen LogP contribution in [0, 0.1) is 31.6 Å². The average Bonchev–Trinajstić information content (AvgIpc) is 3.54. The van der Waals surface area contributed by atoms with Gasteiger partial charge in [0, 0.05) is 49.8 Å². The summed E-state index contributed by atoms with van der Waals surface area (Å²) >= 11 is 1.60. The van der Waals surface area contributed by atoms with Crippen LogP contribution in [0.4, 0.5) is 5.13 Å². The van der Waals surface area contributed by atoms with Gasteiger partial charge in [0.05, 0.1) is 11.6 Å². The zero-order valence-electron chi connectivity index (χ0n) is 23.3. The number of benzene rings is 2. The first-order chi connectivity index (χ1) is 19.2. The van der Waals surface area contributed by atoms with Crippen LogP contribution in [0.15, 0.2) is 41.8 Å². The van der Waals surface area contributed by atoms with Gasteiger partial charge in [-0.2, -0.15) is 0 Å². The number of ether oxygens (including phenoxy) is 1. The van der Waals surface area contributed by atoms with E-state index in [1.807, 2.05) is 44.2 Å². The number of aliphatic carboxylic acids is 1. The summed E-state index contributed by atoms with van der Waals surface area (Å²) in [4.78, 5) is 33.3. The molecule has 1 saturated heterocycles. The molecule has 0 radical (unpaired) electrons. The molecule has 2 N–H and O–H groups in total. The molecule has 2 aliphatic rings. The number of thiazole rings is 1. The van der Waals surface area contributed by atoms with Crippen molar-refractivity contribution in [2.24, 2.45) is 17.8 Å². The molecule has 2 aromatic carbocycles. The number of hydrogen-bond acceptors (Lipinski definition) is 7. The fourth-order valence-electron chi connectivity index (χ4n) is 6.06. The lowest BCUT2D eigenvalue weighted by molar-refractivity contribution is -0.144. The highest BCUT2D eigenvalue weighted by Crippen LogP contribution is 2.44. The molecule has 1 aromatic heterocycles. The number of rotatable bonds is 10. The maximum absolute atomic E-state index is 12.7. The van der Waals surface area contributed by atoms with Crippen molar-refractivity contribution in [2.45, 2.75) is 39.7 Å². The molecule has 8 nitrogen and oxygen atoms in total. The predicted molar refractivity (Wildman–Crippen MR) is 156 cm³/mol. The van der Waals surface area contributed by atoms with Crippen molar-refractivity contribution < 1.29 is 24.5 Å². The molecule has 2 heterocycles. The van der Waals surface area contributed by atoms with Gasteiger partial charge >= 0.3 is 5.97 Å². The number of nitrogens with zero attached hydrogens (tertiary/aromatic N) is 3. The van der Waals surface area contributed by atoms with Crippen LogP contribution < -0.4 is 9.64 Å². The second-order valence-corrected chi connectivity index (χ2v) is 12.0. The number of carbonyl (C=O) groups is 2. The van der Waals surface area contributed by atoms with E-state index in [1.54, 1.807) is 23.3 Å². The van der Waals surface area contributed by atoms with Crippen molar-refractivity contribution in [3.8, 4) is 17.0 Å². The first-order valence-electron chi connectivity index (χ1n) is 13.9. The number of aryl methyl sites for hydroxylation is 2. The van der Waals surface area contributed by atoms with Crippen LogP contribution in [0.3, 0.4) is 0 Å². The maximum Gasteiger partial charge on any atom is 0.307 e. The Labute approximate surface area is 239 Å². The van der Waals surface area contributed by atoms with Crippen molar-refractivity contribution in [3.63, 3.8) is 0 Å². The third-order valence-electron chi connectivity index (χ3n) is 8.26. The summed E-state index contributed by atoms with van der Waals surface area (Å²) in [6.07, 6.45) is 2.50. The van der Waals surface area contributed by atoms with Gasteiger partial charge < -0.3 is 24.7 Å². The van der Waals surface area contributed by atoms with Gasteiger partial charge in [-0.1, -0.05) is 17.7 Å². The fourth-order valence-corrected chi connectivity index (χ4v) is 6.91. The van der Waals surface area contributed by atoms with Crippen LogP contribution in [-0.4, -0.2) is 65.3 Å². The minimum atomic E-state index is -0.657. The highest BCUT2D eigenvalue weighted by atomic mass is 32.1. The van der Waals surface area contributed by atoms with E-state index >= 15 is 0 Å². The van der Waals surface area contributed by atoms with Crippen molar-refractivity contribution in [3.05, 3.63) is 64.0 Å². The Kier molecular flexibility index (Phi) is 8.42. The van der Waals surface area contributed by atoms with E-state index in [4.69, 9.17) is 14.8 Å². The highest BCUT2D eigenvalue weighted by Gasteiger charge is 2.46. The number of anilines is 1. The number of carbonyl (C=O) groups excluding carboxylic acids is 1. The van der Waals surface area contributed by atoms with E-state index in [0.717, 1.165) is 64.8 Å². The molecule has 2 unspecified atom stereocenters. The van der Waals surface area contributed by atoms with Crippen LogP contribution in [0.2, 0.25) is 0 Å². The SMILES string of the molecule is Cc1ccc(OCc2ccc(C(=O)N(C)CCCO)cc2C)c(-c2csc(N3CC4CC[C@H](C3)C4C(=O)O)n2)c1. The Balaban J connectivity index is 1.29. The van der Waals surface area contributed by atoms with E-state index in [0.29, 0.717) is 25.1 Å². The zero-order valence-corrected chi connectivity index (χ0v) is 24.1. The van der Waals surface area contributed by atoms with E-state index in [9.17, 15) is 14.7 Å². The summed E-state index contributed by atoms with van der Waals surface area (Å²) in [7, 11) is 1.75. The summed E-state index contributed by atoms with van der Waals surface area (Å²) < 4.78 is 6.32. The molecule has 5 rings (SSSR count). The summed E-state index contributed by atoms with van der Waals surface area (Å²) in [6, 6.07) is 11.7. The molecule has 40 heavy (non-hydrogen) atoms. The summed E-state index contributed by atoms with van der Waals surface area (Å²) in [5, 5.41) is 21.7. The van der Waals surface area contributed by atoms with Crippen LogP contribution in [0.5, 0.6) is 5.75 Å². The predicted octanol–water partition coefficient (Wildman–Crippen LogP) is 5.01. The van der Waals surface area contributed by atoms with Gasteiger partial charge in [0.15, 0.2) is 5.13 Å². The first kappa shape index (κ1) is 28.1. The quantitative estimate of drug-likeness (QED) is 0.358. The topological polar surface area (TPSA) is 103 Å². The van der Waals surface area contributed by atoms with Crippen LogP contribution >= 0.6 is 11.3 Å². The second kappa shape index (κ2) is 12.0. The van der Waals surface area contributed by atoms with Gasteiger partial charge in [-0.3, -0.25) is 9.59 Å². The monoisotopic (exact) mass is 563 g/mol. The molecule has 1 aliphatic heterocycles. The lowest BCUT2D eigenvalue weighted by atomic mass is 9.85. The number of carboxylic acids is 1. The van der Waals surface area contributed by atoms with Crippen molar-refractivity contribution in [1.82, 2.24) is 9.88 Å². The highest BCUT2D eigenvalue weighted by molar-refractivity contribution is 7.14. The summed E-state index contributed by atoms with van der Waals surface area (Å²) in [5.74, 6) is 0.171. The Hall–Kier alpha value is -3.43. The van der Waals surface area contributed by atoms with E-state index in [1.165, 1.54) is 0 Å². The molecule has 2 fully saturated rings. The number of carboxylic acid groups (broad SMARTS) is 1. The van der Waals surface area contributed by atoms with Gasteiger partial charge in [-0.15, -0.1) is 11.3 Å². The number of hydrogen-bond donors (Lipinski definition) is 2. The Bertz CT molecular complexity index is 1380. The van der Waals surface area contributed by atoms with Crippen LogP contribution in [0.25, 0.3) is 11.3 Å². The van der Waals surface area contributed by atoms with E-state index in [-0.39, 0.29) is 30.3 Å². The molecule has 3 atom stereocenters. The first-order valence-corrected chi connectivity index (χ1v) is 14.8. The Morgan fingerprint density at radius 2 is 1.88 bits per heavy atom. The minimum Gasteiger partial charge on any atom is -0.488 e. The third kappa shape index (κ3) is 5.86. The number of aromatic nitrogens is 1. The third-order valence-corrected chi connectivity index (χ3v) is 9.16. The number of fused-ring (bicyclic) bond motifs is 2. The number of amides is 1. The Morgan fingerprint density at radius 1 is 1.12 bits per heavy atom. The second-order valence-electron chi connectivity index (χ2n) is 11.1. The van der Waals surface area contributed by atoms with Gasteiger partial charge in [0.2, 0.25) is 0 Å². The van der Waals surface area contributed by atoms with Gasteiger partial charge in [-0.05, 0) is 80.3 Å². The van der Waals surface area contributed by atoms with Gasteiger partial charge in [0.25, 0.3) is 5.91 Å². The molecule has 1 aliphatic carbocycles. The van der Waals surface area contributed by atoms with Crippen molar-refractivity contribution in [1.29, 1.82) is 0 Å². The lowest BCUT2D eigenvalue weighted by Crippen LogP contribution is -2.44. The molecular weight excluding hydrogens is 526 g/mol. The lowest BCUT2D eigenvalue weighted by Gasteiger charge is -2.35. The molecule has 0 spiro atoms. The standard InChI is InChI=1S/C31H37N3O5S/c1-19-5-10-27(39-17-24-9-6-21(14-20(24)2)29(36)33(3)11-4-12-35)25(13-19)26-18-40-31(32-26)34-15-22-7-8-23(16-34)28(22)30(37)38/h5-6,9-10,13-14,18,22-23,28,35H,4,7-8,11-12,15-17H2,1-3H3,(H,37,38)/t22-,23?,28?/m1/s1. The summed E-state index contributed by atoms with van der Waals surface area (Å²) in [5.41, 5.74) is 5.49. The van der Waals surface area contributed by atoms with E-state index < -0.39 is 5.97 Å². The fraction of sp³-hybridized carbons (Fsp3) is 0.452. The largest absolute Gasteiger partial charge is 0.488 e. The Morgan fingerprint density at radius 3 is 2.55 bits per heavy atom. The zero-order chi connectivity index (χ0) is 28.4. The summed E-state index contributed by atoms with van der Waals surface area (Å²) in [6.45, 7) is 6.44. The van der Waals surface area contributed by atoms with Crippen molar-refractivity contribution in [2.75, 3.05) is 38.2 Å². The van der Waals surface area contributed by atoms with Crippen molar-refractivity contribution >= 4 is 28.3 Å². The smallest absolute Gasteiger partial charge is 0.307 e.